The van der Waals surface area contributed by atoms with Gasteiger partial charge in [0.1, 0.15) is 11.9 Å². The van der Waals surface area contributed by atoms with Gasteiger partial charge in [-0.15, -0.1) is 0 Å². The third-order valence-electron chi connectivity index (χ3n) is 3.46. The Morgan fingerprint density at radius 1 is 1.26 bits per heavy atom. The number of methoxy groups -OCH3 is 1. The summed E-state index contributed by atoms with van der Waals surface area (Å²) < 4.78 is 11.1. The number of carbonyl (C=O) groups is 1. The van der Waals surface area contributed by atoms with Gasteiger partial charge in [0.05, 0.1) is 13.2 Å². The van der Waals surface area contributed by atoms with Crippen LogP contribution in [0.25, 0.3) is 0 Å². The van der Waals surface area contributed by atoms with E-state index in [1.165, 1.54) is 0 Å². The standard InChI is InChI=1S/C15H21NO3/c1-16(2)15(17)14-6-4-5-13(19-14)11-7-9-12(18-3)10-8-11/h7-10,13-14H,4-6H2,1-3H3/t13-,14+/m0/s1. The van der Waals surface area contributed by atoms with Gasteiger partial charge in [-0.2, -0.15) is 0 Å². The van der Waals surface area contributed by atoms with Crippen molar-refractivity contribution in [2.24, 2.45) is 0 Å². The van der Waals surface area contributed by atoms with Gasteiger partial charge in [0.25, 0.3) is 5.91 Å². The number of ether oxygens (including phenoxy) is 2. The highest BCUT2D eigenvalue weighted by atomic mass is 16.5. The molecule has 1 aliphatic heterocycles. The van der Waals surface area contributed by atoms with Crippen LogP contribution in [0.15, 0.2) is 24.3 Å². The normalized spacial score (nSPS) is 22.9. The summed E-state index contributed by atoms with van der Waals surface area (Å²) >= 11 is 0. The van der Waals surface area contributed by atoms with E-state index in [2.05, 4.69) is 0 Å². The van der Waals surface area contributed by atoms with E-state index in [-0.39, 0.29) is 18.1 Å². The molecule has 0 N–H and O–H groups in total. The lowest BCUT2D eigenvalue weighted by Crippen LogP contribution is -2.38. The first-order chi connectivity index (χ1) is 9.11. The molecule has 1 heterocycles. The maximum absolute atomic E-state index is 12.0. The van der Waals surface area contributed by atoms with Gasteiger partial charge < -0.3 is 14.4 Å². The number of benzene rings is 1. The molecule has 1 amide bonds. The predicted octanol–water partition coefficient (Wildman–Crippen LogP) is 2.39. The highest BCUT2D eigenvalue weighted by molar-refractivity contribution is 5.80. The van der Waals surface area contributed by atoms with Crippen LogP contribution in [0, 0.1) is 0 Å². The van der Waals surface area contributed by atoms with Crippen LogP contribution in [-0.4, -0.2) is 38.1 Å². The maximum Gasteiger partial charge on any atom is 0.251 e. The molecule has 0 bridgehead atoms. The van der Waals surface area contributed by atoms with Crippen molar-refractivity contribution in [2.75, 3.05) is 21.2 Å². The van der Waals surface area contributed by atoms with E-state index >= 15 is 0 Å². The fourth-order valence-corrected chi connectivity index (χ4v) is 2.36. The molecule has 104 valence electrons. The monoisotopic (exact) mass is 263 g/mol. The molecule has 0 aliphatic carbocycles. The first-order valence-corrected chi connectivity index (χ1v) is 6.62. The highest BCUT2D eigenvalue weighted by Gasteiger charge is 2.29. The smallest absolute Gasteiger partial charge is 0.251 e. The molecule has 1 aromatic carbocycles. The second-order valence-electron chi connectivity index (χ2n) is 5.05. The van der Waals surface area contributed by atoms with Crippen LogP contribution in [0.2, 0.25) is 0 Å². The minimum Gasteiger partial charge on any atom is -0.497 e. The van der Waals surface area contributed by atoms with Crippen LogP contribution in [0.3, 0.4) is 0 Å². The van der Waals surface area contributed by atoms with Crippen molar-refractivity contribution in [3.63, 3.8) is 0 Å². The fourth-order valence-electron chi connectivity index (χ4n) is 2.36. The zero-order valence-electron chi connectivity index (χ0n) is 11.8. The molecule has 4 nitrogen and oxygen atoms in total. The molecule has 1 fully saturated rings. The van der Waals surface area contributed by atoms with Gasteiger partial charge in [-0.1, -0.05) is 12.1 Å². The van der Waals surface area contributed by atoms with Crippen LogP contribution in [0.5, 0.6) is 5.75 Å². The second kappa shape index (κ2) is 6.06. The topological polar surface area (TPSA) is 38.8 Å². The number of rotatable bonds is 3. The average molecular weight is 263 g/mol. The Balaban J connectivity index is 2.05. The van der Waals surface area contributed by atoms with Crippen molar-refractivity contribution in [1.82, 2.24) is 4.90 Å². The summed E-state index contributed by atoms with van der Waals surface area (Å²) in [6, 6.07) is 7.87. The summed E-state index contributed by atoms with van der Waals surface area (Å²) in [6.07, 6.45) is 2.48. The SMILES string of the molecule is COc1ccc([C@@H]2CCC[C@H](C(=O)N(C)C)O2)cc1. The summed E-state index contributed by atoms with van der Waals surface area (Å²) in [5, 5.41) is 0. The summed E-state index contributed by atoms with van der Waals surface area (Å²) in [5.41, 5.74) is 1.11. The molecule has 0 saturated carbocycles. The first-order valence-electron chi connectivity index (χ1n) is 6.62. The van der Waals surface area contributed by atoms with Gasteiger partial charge in [-0.3, -0.25) is 4.79 Å². The van der Waals surface area contributed by atoms with E-state index in [1.54, 1.807) is 26.1 Å². The predicted molar refractivity (Wildman–Crippen MR) is 73.2 cm³/mol. The lowest BCUT2D eigenvalue weighted by atomic mass is 9.98. The van der Waals surface area contributed by atoms with Gasteiger partial charge in [-0.05, 0) is 37.0 Å². The summed E-state index contributed by atoms with van der Waals surface area (Å²) in [4.78, 5) is 13.6. The van der Waals surface area contributed by atoms with Crippen molar-refractivity contribution >= 4 is 5.91 Å². The Hall–Kier alpha value is -1.55. The Labute approximate surface area is 114 Å². The molecular formula is C15H21NO3. The molecule has 2 rings (SSSR count). The van der Waals surface area contributed by atoms with E-state index < -0.39 is 0 Å². The van der Waals surface area contributed by atoms with Crippen LogP contribution >= 0.6 is 0 Å². The molecule has 4 heteroatoms. The van der Waals surface area contributed by atoms with Gasteiger partial charge in [0.15, 0.2) is 0 Å². The zero-order valence-corrected chi connectivity index (χ0v) is 11.8. The number of amides is 1. The molecular weight excluding hydrogens is 242 g/mol. The molecule has 1 aliphatic rings. The van der Waals surface area contributed by atoms with Crippen LogP contribution in [0.1, 0.15) is 30.9 Å². The molecule has 0 aromatic heterocycles. The number of likely N-dealkylation sites (N-methyl/N-ethyl adjacent to an activating group) is 1. The van der Waals surface area contributed by atoms with E-state index in [1.807, 2.05) is 24.3 Å². The van der Waals surface area contributed by atoms with Crippen molar-refractivity contribution in [3.05, 3.63) is 29.8 Å². The number of carbonyl (C=O) groups excluding carboxylic acids is 1. The van der Waals surface area contributed by atoms with Crippen LogP contribution in [0.4, 0.5) is 0 Å². The van der Waals surface area contributed by atoms with E-state index in [0.29, 0.717) is 0 Å². The Morgan fingerprint density at radius 2 is 1.95 bits per heavy atom. The van der Waals surface area contributed by atoms with Crippen molar-refractivity contribution in [3.8, 4) is 5.75 Å². The van der Waals surface area contributed by atoms with Crippen LogP contribution < -0.4 is 4.74 Å². The summed E-state index contributed by atoms with van der Waals surface area (Å²) in [5.74, 6) is 0.888. The second-order valence-corrected chi connectivity index (χ2v) is 5.05. The van der Waals surface area contributed by atoms with Crippen molar-refractivity contribution in [1.29, 1.82) is 0 Å². The summed E-state index contributed by atoms with van der Waals surface area (Å²) in [7, 11) is 5.18. The molecule has 0 spiro atoms. The first kappa shape index (κ1) is 13.9. The van der Waals surface area contributed by atoms with Gasteiger partial charge in [-0.25, -0.2) is 0 Å². The molecule has 2 atom stereocenters. The van der Waals surface area contributed by atoms with Gasteiger partial charge in [0.2, 0.25) is 0 Å². The average Bonchev–Trinajstić information content (AvgIpc) is 2.46. The Morgan fingerprint density at radius 3 is 2.53 bits per heavy atom. The van der Waals surface area contributed by atoms with Gasteiger partial charge >= 0.3 is 0 Å². The van der Waals surface area contributed by atoms with Crippen LogP contribution in [-0.2, 0) is 9.53 Å². The Bertz CT molecular complexity index is 428. The minimum atomic E-state index is -0.309. The summed E-state index contributed by atoms with van der Waals surface area (Å²) in [6.45, 7) is 0. The molecule has 0 radical (unpaired) electrons. The third kappa shape index (κ3) is 3.26. The zero-order chi connectivity index (χ0) is 13.8. The van der Waals surface area contributed by atoms with Crippen molar-refractivity contribution in [2.45, 2.75) is 31.5 Å². The minimum absolute atomic E-state index is 0.00792. The van der Waals surface area contributed by atoms with E-state index in [0.717, 1.165) is 30.6 Å². The van der Waals surface area contributed by atoms with Crippen molar-refractivity contribution < 1.29 is 14.3 Å². The molecule has 0 unspecified atom stereocenters. The quantitative estimate of drug-likeness (QED) is 0.840. The Kier molecular flexibility index (Phi) is 4.43. The largest absolute Gasteiger partial charge is 0.497 e. The molecule has 19 heavy (non-hydrogen) atoms. The van der Waals surface area contributed by atoms with E-state index in [4.69, 9.17) is 9.47 Å². The molecule has 1 aromatic rings. The lowest BCUT2D eigenvalue weighted by molar-refractivity contribution is -0.150. The maximum atomic E-state index is 12.0. The number of hydrogen-bond donors (Lipinski definition) is 0. The number of nitrogens with zero attached hydrogens (tertiary/aromatic N) is 1. The van der Waals surface area contributed by atoms with Gasteiger partial charge in [0, 0.05) is 14.1 Å². The third-order valence-corrected chi connectivity index (χ3v) is 3.46. The lowest BCUT2D eigenvalue weighted by Gasteiger charge is -2.31. The fraction of sp³-hybridized carbons (Fsp3) is 0.533. The number of hydrogen-bond acceptors (Lipinski definition) is 3. The van der Waals surface area contributed by atoms with E-state index in [9.17, 15) is 4.79 Å². The molecule has 1 saturated heterocycles. The highest BCUT2D eigenvalue weighted by Crippen LogP contribution is 2.32.